The normalized spacial score (nSPS) is 12.5. The van der Waals surface area contributed by atoms with Gasteiger partial charge in [0.05, 0.1) is 17.5 Å². The van der Waals surface area contributed by atoms with Gasteiger partial charge in [-0.05, 0) is 25.5 Å². The van der Waals surface area contributed by atoms with Crippen molar-refractivity contribution in [2.24, 2.45) is 11.1 Å². The quantitative estimate of drug-likeness (QED) is 0.862. The van der Waals surface area contributed by atoms with Crippen LogP contribution in [0, 0.1) is 5.41 Å². The lowest BCUT2D eigenvalue weighted by molar-refractivity contribution is -0.152. The predicted octanol–water partition coefficient (Wildman–Crippen LogP) is 2.36. The fraction of sp³-hybridized carbons (Fsp3) is 0.455. The number of pyridine rings is 1. The smallest absolute Gasteiger partial charge is 0.313 e. The maximum Gasteiger partial charge on any atom is 0.313 e. The topological polar surface area (TPSA) is 65.2 Å². The summed E-state index contributed by atoms with van der Waals surface area (Å²) in [6, 6.07) is 1.17. The zero-order valence-electron chi connectivity index (χ0n) is 9.94. The third-order valence-corrected chi connectivity index (χ3v) is 2.94. The first-order chi connectivity index (χ1) is 7.41. The van der Waals surface area contributed by atoms with E-state index < -0.39 is 11.5 Å². The van der Waals surface area contributed by atoms with Crippen LogP contribution in [0.15, 0.2) is 18.5 Å². The number of aromatic nitrogens is 1. The van der Waals surface area contributed by atoms with Gasteiger partial charge >= 0.3 is 5.97 Å². The Labute approximate surface area is 112 Å². The zero-order chi connectivity index (χ0) is 12.3. The fourth-order valence-corrected chi connectivity index (χ4v) is 1.65. The molecule has 0 aliphatic carbocycles. The largest absolute Gasteiger partial charge is 0.469 e. The number of halogens is 2. The van der Waals surface area contributed by atoms with E-state index in [1.807, 2.05) is 0 Å². The minimum Gasteiger partial charge on any atom is -0.469 e. The first-order valence-electron chi connectivity index (χ1n) is 4.84. The lowest BCUT2D eigenvalue weighted by Crippen LogP contribution is -2.37. The standard InChI is InChI=1S/C11H15ClN2O2.ClH/c1-11(2,10(15)16-3)9(13)7-4-5-14-6-8(7)12;/h4-6,9H,13H2,1-3H3;1H/t9-;/m1./s1. The van der Waals surface area contributed by atoms with Crippen molar-refractivity contribution in [1.29, 1.82) is 0 Å². The molecule has 0 radical (unpaired) electrons. The number of nitrogens with two attached hydrogens (primary N) is 1. The molecule has 4 nitrogen and oxygen atoms in total. The SMILES string of the molecule is COC(=O)C(C)(C)[C@H](N)c1ccncc1Cl.Cl. The van der Waals surface area contributed by atoms with Gasteiger partial charge in [-0.25, -0.2) is 0 Å². The average Bonchev–Trinajstić information content (AvgIpc) is 2.27. The Kier molecular flexibility index (Phi) is 5.88. The van der Waals surface area contributed by atoms with Gasteiger partial charge in [0.1, 0.15) is 0 Å². The molecule has 2 N–H and O–H groups in total. The van der Waals surface area contributed by atoms with Gasteiger partial charge in [-0.2, -0.15) is 0 Å². The van der Waals surface area contributed by atoms with Gasteiger partial charge < -0.3 is 10.5 Å². The molecule has 1 heterocycles. The highest BCUT2D eigenvalue weighted by molar-refractivity contribution is 6.31. The predicted molar refractivity (Wildman–Crippen MR) is 69.2 cm³/mol. The Hall–Kier alpha value is -0.840. The summed E-state index contributed by atoms with van der Waals surface area (Å²) in [5, 5.41) is 0.451. The van der Waals surface area contributed by atoms with Crippen molar-refractivity contribution in [3.05, 3.63) is 29.0 Å². The minimum absolute atomic E-state index is 0. The van der Waals surface area contributed by atoms with Gasteiger partial charge in [0, 0.05) is 18.4 Å². The summed E-state index contributed by atoms with van der Waals surface area (Å²) in [5.74, 6) is -0.368. The van der Waals surface area contributed by atoms with Gasteiger partial charge in [0.15, 0.2) is 0 Å². The summed E-state index contributed by atoms with van der Waals surface area (Å²) in [4.78, 5) is 15.5. The van der Waals surface area contributed by atoms with Crippen LogP contribution in [0.25, 0.3) is 0 Å². The Balaban J connectivity index is 0.00000256. The molecule has 1 aromatic rings. The van der Waals surface area contributed by atoms with Crippen molar-refractivity contribution < 1.29 is 9.53 Å². The molecule has 0 aliphatic heterocycles. The highest BCUT2D eigenvalue weighted by Crippen LogP contribution is 2.35. The number of carbonyl (C=O) groups excluding carboxylic acids is 1. The van der Waals surface area contributed by atoms with Crippen molar-refractivity contribution in [1.82, 2.24) is 4.98 Å². The van der Waals surface area contributed by atoms with Crippen LogP contribution in [-0.4, -0.2) is 18.1 Å². The van der Waals surface area contributed by atoms with Crippen molar-refractivity contribution in [2.75, 3.05) is 7.11 Å². The van der Waals surface area contributed by atoms with Crippen molar-refractivity contribution in [3.63, 3.8) is 0 Å². The molecule has 0 fully saturated rings. The first-order valence-corrected chi connectivity index (χ1v) is 5.22. The molecule has 0 saturated carbocycles. The zero-order valence-corrected chi connectivity index (χ0v) is 11.5. The molecule has 0 unspecified atom stereocenters. The van der Waals surface area contributed by atoms with E-state index in [2.05, 4.69) is 4.98 Å². The Morgan fingerprint density at radius 3 is 2.65 bits per heavy atom. The van der Waals surface area contributed by atoms with Crippen LogP contribution in [0.5, 0.6) is 0 Å². The monoisotopic (exact) mass is 278 g/mol. The maximum atomic E-state index is 11.6. The number of rotatable bonds is 3. The molecule has 17 heavy (non-hydrogen) atoms. The number of methoxy groups -OCH3 is 1. The molecule has 1 rings (SSSR count). The van der Waals surface area contributed by atoms with Crippen molar-refractivity contribution >= 4 is 30.0 Å². The van der Waals surface area contributed by atoms with Crippen molar-refractivity contribution in [2.45, 2.75) is 19.9 Å². The third kappa shape index (κ3) is 3.31. The second kappa shape index (κ2) is 6.19. The van der Waals surface area contributed by atoms with Gasteiger partial charge in [-0.15, -0.1) is 12.4 Å². The molecule has 6 heteroatoms. The summed E-state index contributed by atoms with van der Waals surface area (Å²) in [6.45, 7) is 3.44. The van der Waals surface area contributed by atoms with Crippen LogP contribution in [-0.2, 0) is 9.53 Å². The Morgan fingerprint density at radius 1 is 1.59 bits per heavy atom. The molecule has 0 aliphatic rings. The van der Waals surface area contributed by atoms with E-state index in [4.69, 9.17) is 22.1 Å². The molecule has 0 saturated heterocycles. The second-order valence-electron chi connectivity index (χ2n) is 4.09. The third-order valence-electron chi connectivity index (χ3n) is 2.63. The molecule has 0 aromatic carbocycles. The molecular formula is C11H16Cl2N2O2. The number of hydrogen-bond donors (Lipinski definition) is 1. The van der Waals surface area contributed by atoms with Gasteiger partial charge in [-0.3, -0.25) is 9.78 Å². The lowest BCUT2D eigenvalue weighted by Gasteiger charge is -2.29. The van der Waals surface area contributed by atoms with Crippen LogP contribution in [0.4, 0.5) is 0 Å². The molecule has 1 aromatic heterocycles. The minimum atomic E-state index is -0.834. The highest BCUT2D eigenvalue weighted by Gasteiger charge is 2.37. The van der Waals surface area contributed by atoms with Crippen LogP contribution in [0.1, 0.15) is 25.5 Å². The first kappa shape index (κ1) is 16.2. The van der Waals surface area contributed by atoms with E-state index >= 15 is 0 Å². The molecule has 0 bridgehead atoms. The van der Waals surface area contributed by atoms with E-state index in [1.165, 1.54) is 13.3 Å². The summed E-state index contributed by atoms with van der Waals surface area (Å²) in [5.41, 5.74) is 5.89. The molecule has 96 valence electrons. The number of esters is 1. The van der Waals surface area contributed by atoms with Crippen LogP contribution >= 0.6 is 24.0 Å². The van der Waals surface area contributed by atoms with Gasteiger partial charge in [0.25, 0.3) is 0 Å². The van der Waals surface area contributed by atoms with Crippen molar-refractivity contribution in [3.8, 4) is 0 Å². The fourth-order valence-electron chi connectivity index (χ4n) is 1.42. The van der Waals surface area contributed by atoms with E-state index in [0.717, 1.165) is 0 Å². The van der Waals surface area contributed by atoms with Gasteiger partial charge in [0.2, 0.25) is 0 Å². The number of ether oxygens (including phenoxy) is 1. The Morgan fingerprint density at radius 2 is 2.18 bits per heavy atom. The summed E-state index contributed by atoms with van der Waals surface area (Å²) in [7, 11) is 1.34. The van der Waals surface area contributed by atoms with E-state index in [0.29, 0.717) is 10.6 Å². The highest BCUT2D eigenvalue weighted by atomic mass is 35.5. The average molecular weight is 279 g/mol. The summed E-state index contributed by atoms with van der Waals surface area (Å²) in [6.07, 6.45) is 3.10. The lowest BCUT2D eigenvalue weighted by atomic mass is 9.81. The number of hydrogen-bond acceptors (Lipinski definition) is 4. The molecular weight excluding hydrogens is 263 g/mol. The van der Waals surface area contributed by atoms with E-state index in [1.54, 1.807) is 26.1 Å². The van der Waals surface area contributed by atoms with Crippen LogP contribution in [0.3, 0.4) is 0 Å². The number of nitrogens with zero attached hydrogens (tertiary/aromatic N) is 1. The second-order valence-corrected chi connectivity index (χ2v) is 4.50. The molecule has 0 spiro atoms. The van der Waals surface area contributed by atoms with E-state index in [9.17, 15) is 4.79 Å². The summed E-state index contributed by atoms with van der Waals surface area (Å²) >= 11 is 5.98. The summed E-state index contributed by atoms with van der Waals surface area (Å²) < 4.78 is 4.72. The van der Waals surface area contributed by atoms with Crippen LogP contribution < -0.4 is 5.73 Å². The van der Waals surface area contributed by atoms with Gasteiger partial charge in [-0.1, -0.05) is 11.6 Å². The Bertz CT molecular complexity index is 397. The maximum absolute atomic E-state index is 11.6. The number of carbonyl (C=O) groups is 1. The molecule has 1 atom stereocenters. The molecule has 0 amide bonds. The van der Waals surface area contributed by atoms with Crippen LogP contribution in [0.2, 0.25) is 5.02 Å². The van der Waals surface area contributed by atoms with E-state index in [-0.39, 0.29) is 18.4 Å².